The Balaban J connectivity index is 2.76. The fraction of sp³-hybridized carbons (Fsp3) is 1.00. The zero-order valence-corrected chi connectivity index (χ0v) is 8.63. The minimum atomic E-state index is 0.118. The van der Waals surface area contributed by atoms with E-state index in [1.807, 2.05) is 0 Å². The average Bonchev–Trinajstić information content (AvgIpc) is 2.16. The lowest BCUT2D eigenvalue weighted by atomic mass is 10.3. The van der Waals surface area contributed by atoms with Crippen LogP contribution in [0.3, 0.4) is 0 Å². The third kappa shape index (κ3) is 11.9. The highest BCUT2D eigenvalue weighted by Gasteiger charge is 1.90. The van der Waals surface area contributed by atoms with Gasteiger partial charge in [0.1, 0.15) is 0 Å². The standard InChI is InChI=1S/C10H22O3/c1-2-3-7-12-8-4-5-9-13-10-6-11/h11H,2-10H2,1H3. The van der Waals surface area contributed by atoms with E-state index in [1.165, 1.54) is 6.42 Å². The summed E-state index contributed by atoms with van der Waals surface area (Å²) in [7, 11) is 0. The highest BCUT2D eigenvalue weighted by Crippen LogP contribution is 1.93. The van der Waals surface area contributed by atoms with Crippen molar-refractivity contribution >= 4 is 0 Å². The molecule has 0 saturated heterocycles. The van der Waals surface area contributed by atoms with Crippen LogP contribution in [0.25, 0.3) is 0 Å². The fourth-order valence-corrected chi connectivity index (χ4v) is 0.923. The Morgan fingerprint density at radius 2 is 1.38 bits per heavy atom. The average molecular weight is 190 g/mol. The number of aliphatic hydroxyl groups excluding tert-OH is 1. The number of hydrogen-bond donors (Lipinski definition) is 1. The lowest BCUT2D eigenvalue weighted by molar-refractivity contribution is 0.0789. The summed E-state index contributed by atoms with van der Waals surface area (Å²) in [5, 5.41) is 8.42. The highest BCUT2D eigenvalue weighted by molar-refractivity contribution is 4.39. The van der Waals surface area contributed by atoms with Crippen LogP contribution in [0.15, 0.2) is 0 Å². The summed E-state index contributed by atoms with van der Waals surface area (Å²) in [5.74, 6) is 0. The van der Waals surface area contributed by atoms with Gasteiger partial charge in [-0.25, -0.2) is 0 Å². The second-order valence-electron chi connectivity index (χ2n) is 3.01. The van der Waals surface area contributed by atoms with Gasteiger partial charge in [-0.05, 0) is 19.3 Å². The first kappa shape index (κ1) is 12.9. The molecule has 0 amide bonds. The van der Waals surface area contributed by atoms with Gasteiger partial charge in [0, 0.05) is 19.8 Å². The van der Waals surface area contributed by atoms with E-state index in [0.29, 0.717) is 6.61 Å². The molecule has 0 unspecified atom stereocenters. The van der Waals surface area contributed by atoms with Crippen molar-refractivity contribution in [3.63, 3.8) is 0 Å². The van der Waals surface area contributed by atoms with Crippen molar-refractivity contribution in [1.82, 2.24) is 0 Å². The molecular formula is C10H22O3. The van der Waals surface area contributed by atoms with E-state index in [4.69, 9.17) is 14.6 Å². The van der Waals surface area contributed by atoms with Crippen molar-refractivity contribution < 1.29 is 14.6 Å². The molecule has 0 aromatic heterocycles. The summed E-state index contributed by atoms with van der Waals surface area (Å²) in [6.07, 6.45) is 4.42. The molecular weight excluding hydrogens is 168 g/mol. The Kier molecular flexibility index (Phi) is 11.8. The van der Waals surface area contributed by atoms with Gasteiger partial charge >= 0.3 is 0 Å². The first-order valence-corrected chi connectivity index (χ1v) is 5.18. The third-order valence-corrected chi connectivity index (χ3v) is 1.71. The molecule has 0 atom stereocenters. The summed E-state index contributed by atoms with van der Waals surface area (Å²) < 4.78 is 10.5. The zero-order valence-electron chi connectivity index (χ0n) is 8.63. The van der Waals surface area contributed by atoms with Crippen LogP contribution in [0, 0.1) is 0 Å². The van der Waals surface area contributed by atoms with Crippen LogP contribution in [0.2, 0.25) is 0 Å². The molecule has 0 aliphatic heterocycles. The number of ether oxygens (including phenoxy) is 2. The van der Waals surface area contributed by atoms with Crippen LogP contribution in [0.4, 0.5) is 0 Å². The van der Waals surface area contributed by atoms with Crippen LogP contribution in [-0.2, 0) is 9.47 Å². The highest BCUT2D eigenvalue weighted by atomic mass is 16.5. The lowest BCUT2D eigenvalue weighted by Crippen LogP contribution is -2.02. The van der Waals surface area contributed by atoms with E-state index in [9.17, 15) is 0 Å². The SMILES string of the molecule is CCCCOCCCCOCCO. The lowest BCUT2D eigenvalue weighted by Gasteiger charge is -2.03. The molecule has 0 bridgehead atoms. The third-order valence-electron chi connectivity index (χ3n) is 1.71. The van der Waals surface area contributed by atoms with Crippen molar-refractivity contribution in [1.29, 1.82) is 0 Å². The van der Waals surface area contributed by atoms with Crippen molar-refractivity contribution in [2.24, 2.45) is 0 Å². The second-order valence-corrected chi connectivity index (χ2v) is 3.01. The molecule has 0 spiro atoms. The largest absolute Gasteiger partial charge is 0.394 e. The molecule has 0 fully saturated rings. The van der Waals surface area contributed by atoms with Gasteiger partial charge in [-0.3, -0.25) is 0 Å². The van der Waals surface area contributed by atoms with E-state index in [2.05, 4.69) is 6.92 Å². The van der Waals surface area contributed by atoms with E-state index >= 15 is 0 Å². The zero-order chi connectivity index (χ0) is 9.78. The van der Waals surface area contributed by atoms with Crippen molar-refractivity contribution in [2.75, 3.05) is 33.0 Å². The Morgan fingerprint density at radius 1 is 0.846 bits per heavy atom. The number of unbranched alkanes of at least 4 members (excludes halogenated alkanes) is 2. The second kappa shape index (κ2) is 11.9. The molecule has 0 radical (unpaired) electrons. The molecule has 80 valence electrons. The molecule has 13 heavy (non-hydrogen) atoms. The van der Waals surface area contributed by atoms with Crippen LogP contribution in [0.5, 0.6) is 0 Å². The van der Waals surface area contributed by atoms with Gasteiger partial charge in [0.15, 0.2) is 0 Å². The summed E-state index contributed by atoms with van der Waals surface area (Å²) in [4.78, 5) is 0. The minimum Gasteiger partial charge on any atom is -0.394 e. The Morgan fingerprint density at radius 3 is 1.92 bits per heavy atom. The van der Waals surface area contributed by atoms with E-state index < -0.39 is 0 Å². The predicted molar refractivity (Wildman–Crippen MR) is 52.9 cm³/mol. The fourth-order valence-electron chi connectivity index (χ4n) is 0.923. The van der Waals surface area contributed by atoms with Gasteiger partial charge in [0.2, 0.25) is 0 Å². The van der Waals surface area contributed by atoms with Crippen molar-refractivity contribution in [2.45, 2.75) is 32.6 Å². The molecule has 1 N–H and O–H groups in total. The topological polar surface area (TPSA) is 38.7 Å². The van der Waals surface area contributed by atoms with Crippen molar-refractivity contribution in [3.8, 4) is 0 Å². The van der Waals surface area contributed by atoms with Gasteiger partial charge in [0.05, 0.1) is 13.2 Å². The van der Waals surface area contributed by atoms with Gasteiger partial charge in [-0.1, -0.05) is 13.3 Å². The maximum absolute atomic E-state index is 8.42. The molecule has 0 aromatic carbocycles. The molecule has 3 heteroatoms. The van der Waals surface area contributed by atoms with E-state index in [0.717, 1.165) is 39.1 Å². The number of hydrogen-bond acceptors (Lipinski definition) is 3. The minimum absolute atomic E-state index is 0.118. The molecule has 0 rings (SSSR count). The first-order chi connectivity index (χ1) is 6.41. The maximum Gasteiger partial charge on any atom is 0.0697 e. The monoisotopic (exact) mass is 190 g/mol. The number of rotatable bonds is 10. The van der Waals surface area contributed by atoms with Crippen LogP contribution < -0.4 is 0 Å². The van der Waals surface area contributed by atoms with Gasteiger partial charge < -0.3 is 14.6 Å². The predicted octanol–water partition coefficient (Wildman–Crippen LogP) is 1.59. The van der Waals surface area contributed by atoms with E-state index in [1.54, 1.807) is 0 Å². The summed E-state index contributed by atoms with van der Waals surface area (Å²) in [6, 6.07) is 0. The Hall–Kier alpha value is -0.120. The maximum atomic E-state index is 8.42. The summed E-state index contributed by atoms with van der Waals surface area (Å²) >= 11 is 0. The normalized spacial score (nSPS) is 10.6. The Bertz CT molecular complexity index is 76.2. The first-order valence-electron chi connectivity index (χ1n) is 5.18. The number of aliphatic hydroxyl groups is 1. The molecule has 0 aromatic rings. The molecule has 0 heterocycles. The van der Waals surface area contributed by atoms with Crippen LogP contribution >= 0.6 is 0 Å². The van der Waals surface area contributed by atoms with Crippen molar-refractivity contribution in [3.05, 3.63) is 0 Å². The van der Waals surface area contributed by atoms with Crippen LogP contribution in [-0.4, -0.2) is 38.1 Å². The summed E-state index contributed by atoms with van der Waals surface area (Å²) in [5.41, 5.74) is 0. The summed E-state index contributed by atoms with van der Waals surface area (Å²) in [6.45, 7) is 5.18. The quantitative estimate of drug-likeness (QED) is 0.532. The van der Waals surface area contributed by atoms with E-state index in [-0.39, 0.29) is 6.61 Å². The molecule has 0 saturated carbocycles. The van der Waals surface area contributed by atoms with Gasteiger partial charge in [-0.2, -0.15) is 0 Å². The van der Waals surface area contributed by atoms with Gasteiger partial charge in [0.25, 0.3) is 0 Å². The molecule has 0 aliphatic carbocycles. The van der Waals surface area contributed by atoms with Crippen LogP contribution in [0.1, 0.15) is 32.6 Å². The van der Waals surface area contributed by atoms with Gasteiger partial charge in [-0.15, -0.1) is 0 Å². The Labute approximate surface area is 81.0 Å². The smallest absolute Gasteiger partial charge is 0.0697 e. The molecule has 0 aliphatic rings. The molecule has 3 nitrogen and oxygen atoms in total.